The van der Waals surface area contributed by atoms with Gasteiger partial charge in [0.25, 0.3) is 5.69 Å². The number of aliphatic hydroxyl groups excluding tert-OH is 1. The largest absolute Gasteiger partial charge is 0.489 e. The molecule has 1 unspecified atom stereocenters. The van der Waals surface area contributed by atoms with Crippen molar-refractivity contribution >= 4 is 11.4 Å². The third-order valence-corrected chi connectivity index (χ3v) is 2.27. The SMILES string of the molecule is CCNCC(O)COc1ccc([N+](=O)[O-])cc1N. The van der Waals surface area contributed by atoms with Gasteiger partial charge >= 0.3 is 0 Å². The molecule has 0 fully saturated rings. The third-order valence-electron chi connectivity index (χ3n) is 2.27. The summed E-state index contributed by atoms with van der Waals surface area (Å²) >= 11 is 0. The molecule has 0 saturated heterocycles. The van der Waals surface area contributed by atoms with E-state index in [1.807, 2.05) is 6.92 Å². The first-order valence-corrected chi connectivity index (χ1v) is 5.60. The average Bonchev–Trinajstić information content (AvgIpc) is 2.34. The van der Waals surface area contributed by atoms with E-state index in [0.29, 0.717) is 12.3 Å². The van der Waals surface area contributed by atoms with E-state index >= 15 is 0 Å². The van der Waals surface area contributed by atoms with E-state index in [1.54, 1.807) is 0 Å². The Morgan fingerprint density at radius 1 is 1.61 bits per heavy atom. The molecule has 7 heteroatoms. The maximum absolute atomic E-state index is 10.5. The fraction of sp³-hybridized carbons (Fsp3) is 0.455. The van der Waals surface area contributed by atoms with Gasteiger partial charge in [0.15, 0.2) is 0 Å². The minimum atomic E-state index is -0.653. The van der Waals surface area contributed by atoms with Gasteiger partial charge in [-0.1, -0.05) is 6.92 Å². The Hall–Kier alpha value is -1.86. The Bertz CT molecular complexity index is 411. The van der Waals surface area contributed by atoms with Crippen LogP contribution in [0.3, 0.4) is 0 Å². The third kappa shape index (κ3) is 4.19. The number of hydrogen-bond donors (Lipinski definition) is 3. The van der Waals surface area contributed by atoms with Gasteiger partial charge in [-0.05, 0) is 12.6 Å². The van der Waals surface area contributed by atoms with Crippen molar-refractivity contribution in [2.75, 3.05) is 25.4 Å². The number of nitrogens with zero attached hydrogens (tertiary/aromatic N) is 1. The van der Waals surface area contributed by atoms with Crippen LogP contribution in [-0.2, 0) is 0 Å². The standard InChI is InChI=1S/C11H17N3O4/c1-2-13-6-9(15)7-18-11-4-3-8(14(16)17)5-10(11)12/h3-5,9,13,15H,2,6-7,12H2,1H3. The van der Waals surface area contributed by atoms with E-state index in [4.69, 9.17) is 10.5 Å². The molecule has 0 amide bonds. The molecule has 0 aliphatic heterocycles. The predicted molar refractivity (Wildman–Crippen MR) is 67.6 cm³/mol. The molecule has 0 aromatic heterocycles. The molecule has 0 aliphatic carbocycles. The summed E-state index contributed by atoms with van der Waals surface area (Å²) in [6.07, 6.45) is -0.653. The molecule has 0 aliphatic rings. The summed E-state index contributed by atoms with van der Waals surface area (Å²) in [6.45, 7) is 3.19. The zero-order valence-corrected chi connectivity index (χ0v) is 10.1. The molecule has 0 heterocycles. The highest BCUT2D eigenvalue weighted by atomic mass is 16.6. The second kappa shape index (κ2) is 6.77. The van der Waals surface area contributed by atoms with Crippen LogP contribution in [0.25, 0.3) is 0 Å². The minimum Gasteiger partial charge on any atom is -0.489 e. The van der Waals surface area contributed by atoms with E-state index in [-0.39, 0.29) is 18.0 Å². The topological polar surface area (TPSA) is 111 Å². The van der Waals surface area contributed by atoms with E-state index < -0.39 is 11.0 Å². The molecular formula is C11H17N3O4. The fourth-order valence-corrected chi connectivity index (χ4v) is 1.34. The molecule has 18 heavy (non-hydrogen) atoms. The van der Waals surface area contributed by atoms with Crippen LogP contribution in [-0.4, -0.2) is 35.8 Å². The van der Waals surface area contributed by atoms with Gasteiger partial charge in [0.2, 0.25) is 0 Å². The number of nitro groups is 1. The van der Waals surface area contributed by atoms with Gasteiger partial charge in [0, 0.05) is 18.7 Å². The molecule has 1 atom stereocenters. The van der Waals surface area contributed by atoms with E-state index in [0.717, 1.165) is 6.54 Å². The molecule has 0 saturated carbocycles. The lowest BCUT2D eigenvalue weighted by Gasteiger charge is -2.13. The van der Waals surface area contributed by atoms with E-state index in [2.05, 4.69) is 5.32 Å². The van der Waals surface area contributed by atoms with Gasteiger partial charge in [0.05, 0.1) is 10.6 Å². The number of nitrogens with one attached hydrogen (secondary N) is 1. The van der Waals surface area contributed by atoms with Gasteiger partial charge < -0.3 is 20.9 Å². The maximum Gasteiger partial charge on any atom is 0.271 e. The number of aliphatic hydroxyl groups is 1. The molecular weight excluding hydrogens is 238 g/mol. The number of nitro benzene ring substituents is 1. The Labute approximate surface area is 105 Å². The number of nitrogen functional groups attached to an aromatic ring is 1. The van der Waals surface area contributed by atoms with Gasteiger partial charge in [-0.3, -0.25) is 10.1 Å². The lowest BCUT2D eigenvalue weighted by atomic mass is 10.2. The molecule has 0 radical (unpaired) electrons. The Morgan fingerprint density at radius 3 is 2.89 bits per heavy atom. The number of likely N-dealkylation sites (N-methyl/N-ethyl adjacent to an activating group) is 1. The summed E-state index contributed by atoms with van der Waals surface area (Å²) in [6, 6.07) is 3.96. The number of nitrogens with two attached hydrogens (primary N) is 1. The zero-order chi connectivity index (χ0) is 13.5. The number of anilines is 1. The highest BCUT2D eigenvalue weighted by molar-refractivity contribution is 5.58. The number of rotatable bonds is 7. The van der Waals surface area contributed by atoms with E-state index in [1.165, 1.54) is 18.2 Å². The molecule has 4 N–H and O–H groups in total. The molecule has 1 rings (SSSR count). The summed E-state index contributed by atoms with van der Waals surface area (Å²) in [5, 5.41) is 23.0. The minimum absolute atomic E-state index is 0.0784. The van der Waals surface area contributed by atoms with Crippen molar-refractivity contribution < 1.29 is 14.8 Å². The van der Waals surface area contributed by atoms with Crippen molar-refractivity contribution in [3.8, 4) is 5.75 Å². The van der Waals surface area contributed by atoms with Gasteiger partial charge in [-0.2, -0.15) is 0 Å². The van der Waals surface area contributed by atoms with Crippen LogP contribution in [0.2, 0.25) is 0 Å². The van der Waals surface area contributed by atoms with Gasteiger partial charge in [-0.25, -0.2) is 0 Å². The molecule has 0 bridgehead atoms. The Balaban J connectivity index is 2.55. The molecule has 7 nitrogen and oxygen atoms in total. The summed E-state index contributed by atoms with van der Waals surface area (Å²) in [7, 11) is 0. The summed E-state index contributed by atoms with van der Waals surface area (Å²) < 4.78 is 5.29. The lowest BCUT2D eigenvalue weighted by Crippen LogP contribution is -2.31. The number of non-ortho nitro benzene ring substituents is 1. The number of hydrogen-bond acceptors (Lipinski definition) is 6. The first kappa shape index (κ1) is 14.2. The quantitative estimate of drug-likeness (QED) is 0.372. The smallest absolute Gasteiger partial charge is 0.271 e. The maximum atomic E-state index is 10.5. The van der Waals surface area contributed by atoms with Crippen LogP contribution in [0.4, 0.5) is 11.4 Å². The summed E-state index contributed by atoms with van der Waals surface area (Å²) in [5.41, 5.74) is 5.71. The van der Waals surface area contributed by atoms with Crippen LogP contribution < -0.4 is 15.8 Å². The van der Waals surface area contributed by atoms with Crippen LogP contribution in [0, 0.1) is 10.1 Å². The van der Waals surface area contributed by atoms with Crippen LogP contribution in [0.5, 0.6) is 5.75 Å². The predicted octanol–water partition coefficient (Wildman–Crippen LogP) is 0.526. The normalized spacial score (nSPS) is 12.1. The highest BCUT2D eigenvalue weighted by Crippen LogP contribution is 2.26. The van der Waals surface area contributed by atoms with Crippen molar-refractivity contribution in [3.05, 3.63) is 28.3 Å². The zero-order valence-electron chi connectivity index (χ0n) is 10.1. The molecule has 0 spiro atoms. The molecule has 100 valence electrons. The van der Waals surface area contributed by atoms with Crippen molar-refractivity contribution in [3.63, 3.8) is 0 Å². The average molecular weight is 255 g/mol. The second-order valence-electron chi connectivity index (χ2n) is 3.75. The van der Waals surface area contributed by atoms with Crippen molar-refractivity contribution in [1.82, 2.24) is 5.32 Å². The first-order chi connectivity index (χ1) is 8.54. The van der Waals surface area contributed by atoms with Gasteiger partial charge in [-0.15, -0.1) is 0 Å². The molecule has 1 aromatic rings. The Morgan fingerprint density at radius 2 is 2.33 bits per heavy atom. The Kier molecular flexibility index (Phi) is 5.34. The lowest BCUT2D eigenvalue weighted by molar-refractivity contribution is -0.384. The monoisotopic (exact) mass is 255 g/mol. The number of ether oxygens (including phenoxy) is 1. The van der Waals surface area contributed by atoms with Crippen molar-refractivity contribution in [2.45, 2.75) is 13.0 Å². The van der Waals surface area contributed by atoms with Crippen LogP contribution >= 0.6 is 0 Å². The van der Waals surface area contributed by atoms with Crippen LogP contribution in [0.1, 0.15) is 6.92 Å². The number of benzene rings is 1. The highest BCUT2D eigenvalue weighted by Gasteiger charge is 2.11. The molecule has 1 aromatic carbocycles. The van der Waals surface area contributed by atoms with Gasteiger partial charge in [0.1, 0.15) is 18.5 Å². The fourth-order valence-electron chi connectivity index (χ4n) is 1.34. The van der Waals surface area contributed by atoms with Crippen molar-refractivity contribution in [2.24, 2.45) is 0 Å². The van der Waals surface area contributed by atoms with Crippen molar-refractivity contribution in [1.29, 1.82) is 0 Å². The summed E-state index contributed by atoms with van der Waals surface area (Å²) in [5.74, 6) is 0.330. The second-order valence-corrected chi connectivity index (χ2v) is 3.75. The summed E-state index contributed by atoms with van der Waals surface area (Å²) in [4.78, 5) is 9.98. The first-order valence-electron chi connectivity index (χ1n) is 5.60. The van der Waals surface area contributed by atoms with Crippen LogP contribution in [0.15, 0.2) is 18.2 Å². The van der Waals surface area contributed by atoms with E-state index in [9.17, 15) is 15.2 Å².